The molecule has 6 heteroatoms. The number of β-amino-alcohol motifs (C(OH)–C–C–N with tert-alkyl or cyclic N) is 1. The van der Waals surface area contributed by atoms with E-state index in [0.29, 0.717) is 11.8 Å². The van der Waals surface area contributed by atoms with E-state index >= 15 is 0 Å². The summed E-state index contributed by atoms with van der Waals surface area (Å²) < 4.78 is 1.89. The lowest BCUT2D eigenvalue weighted by Gasteiger charge is -2.35. The van der Waals surface area contributed by atoms with E-state index in [2.05, 4.69) is 71.2 Å². The predicted octanol–water partition coefficient (Wildman–Crippen LogP) is 5.57. The van der Waals surface area contributed by atoms with Crippen LogP contribution in [0.15, 0.2) is 30.5 Å². The summed E-state index contributed by atoms with van der Waals surface area (Å²) in [5.74, 6) is 1.74. The number of hydrogen-bond donors (Lipinski definition) is 2. The molecule has 0 spiro atoms. The van der Waals surface area contributed by atoms with E-state index in [1.807, 2.05) is 25.3 Å². The molecule has 4 heterocycles. The Morgan fingerprint density at radius 2 is 1.88 bits per heavy atom. The molecular weight excluding hydrogens is 422 g/mol. The molecule has 0 unspecified atom stereocenters. The van der Waals surface area contributed by atoms with Gasteiger partial charge in [0.25, 0.3) is 0 Å². The SMILES string of the molecule is Cc1nc2cc(C)c(-c3[nH]c4ccc(C5CCN(CC(C)(C)O)CC5)cc4c3C(C)C)cn2n1. The number of nitrogens with zero attached hydrogens (tertiary/aromatic N) is 4. The molecule has 34 heavy (non-hydrogen) atoms. The molecule has 5 rings (SSSR count). The van der Waals surface area contributed by atoms with Gasteiger partial charge in [-0.25, -0.2) is 9.50 Å². The summed E-state index contributed by atoms with van der Waals surface area (Å²) in [6.45, 7) is 15.3. The summed E-state index contributed by atoms with van der Waals surface area (Å²) in [5.41, 5.74) is 7.82. The fourth-order valence-electron chi connectivity index (χ4n) is 5.67. The van der Waals surface area contributed by atoms with Crippen LogP contribution in [0.1, 0.15) is 74.9 Å². The zero-order chi connectivity index (χ0) is 24.2. The Morgan fingerprint density at radius 3 is 2.56 bits per heavy atom. The van der Waals surface area contributed by atoms with Crippen LogP contribution in [-0.2, 0) is 0 Å². The van der Waals surface area contributed by atoms with Crippen LogP contribution in [0.5, 0.6) is 0 Å². The second kappa shape index (κ2) is 8.51. The van der Waals surface area contributed by atoms with Crippen molar-refractivity contribution in [3.05, 3.63) is 53.0 Å². The quantitative estimate of drug-likeness (QED) is 0.409. The first-order valence-corrected chi connectivity index (χ1v) is 12.5. The number of likely N-dealkylation sites (tertiary alicyclic amines) is 1. The van der Waals surface area contributed by atoms with Crippen molar-refractivity contribution in [2.75, 3.05) is 19.6 Å². The van der Waals surface area contributed by atoms with Gasteiger partial charge in [0.05, 0.1) is 11.3 Å². The number of H-pyrrole nitrogens is 1. The van der Waals surface area contributed by atoms with Gasteiger partial charge in [0, 0.05) is 29.2 Å². The van der Waals surface area contributed by atoms with Gasteiger partial charge < -0.3 is 15.0 Å². The van der Waals surface area contributed by atoms with Crippen LogP contribution in [-0.4, -0.2) is 54.8 Å². The zero-order valence-corrected chi connectivity index (χ0v) is 21.3. The van der Waals surface area contributed by atoms with Gasteiger partial charge in [-0.1, -0.05) is 19.9 Å². The first-order chi connectivity index (χ1) is 16.1. The highest BCUT2D eigenvalue weighted by atomic mass is 16.3. The minimum Gasteiger partial charge on any atom is -0.389 e. The van der Waals surface area contributed by atoms with E-state index < -0.39 is 5.60 Å². The molecule has 2 N–H and O–H groups in total. The second-order valence-electron chi connectivity index (χ2n) is 11.1. The molecule has 1 fully saturated rings. The van der Waals surface area contributed by atoms with Gasteiger partial charge in [-0.2, -0.15) is 5.10 Å². The zero-order valence-electron chi connectivity index (χ0n) is 21.3. The standard InChI is InChI=1S/C28H37N5O/c1-17(2)26-22-14-21(20-9-11-32(12-10-20)16-28(5,6)34)7-8-24(22)30-27(26)23-15-33-25(13-18(23)3)29-19(4)31-33/h7-8,13-15,17,20,30,34H,9-12,16H2,1-6H3. The normalized spacial score (nSPS) is 16.4. The maximum absolute atomic E-state index is 10.2. The van der Waals surface area contributed by atoms with Crippen molar-refractivity contribution >= 4 is 16.6 Å². The van der Waals surface area contributed by atoms with Gasteiger partial charge in [-0.15, -0.1) is 0 Å². The average molecular weight is 460 g/mol. The molecular formula is C28H37N5O. The van der Waals surface area contributed by atoms with Crippen LogP contribution >= 0.6 is 0 Å². The van der Waals surface area contributed by atoms with Gasteiger partial charge in [0.1, 0.15) is 5.82 Å². The Kier molecular flexibility index (Phi) is 5.77. The molecule has 0 aliphatic carbocycles. The van der Waals surface area contributed by atoms with Crippen LogP contribution in [0.25, 0.3) is 27.8 Å². The topological polar surface area (TPSA) is 69.5 Å². The van der Waals surface area contributed by atoms with E-state index in [9.17, 15) is 5.11 Å². The fourth-order valence-corrected chi connectivity index (χ4v) is 5.67. The van der Waals surface area contributed by atoms with E-state index in [1.165, 1.54) is 38.9 Å². The average Bonchev–Trinajstić information content (AvgIpc) is 3.31. The molecule has 0 radical (unpaired) electrons. The molecule has 0 bridgehead atoms. The Morgan fingerprint density at radius 1 is 1.15 bits per heavy atom. The fraction of sp³-hybridized carbons (Fsp3) is 0.500. The first-order valence-electron chi connectivity index (χ1n) is 12.5. The Hall–Kier alpha value is -2.70. The third-order valence-electron chi connectivity index (χ3n) is 7.16. The molecule has 3 aromatic heterocycles. The highest BCUT2D eigenvalue weighted by Gasteiger charge is 2.26. The van der Waals surface area contributed by atoms with Crippen LogP contribution in [0.4, 0.5) is 0 Å². The summed E-state index contributed by atoms with van der Waals surface area (Å²) in [7, 11) is 0. The number of rotatable bonds is 5. The summed E-state index contributed by atoms with van der Waals surface area (Å²) >= 11 is 0. The van der Waals surface area contributed by atoms with E-state index in [0.717, 1.165) is 43.9 Å². The first kappa shape index (κ1) is 23.1. The third kappa shape index (κ3) is 4.37. The number of fused-ring (bicyclic) bond motifs is 2. The Bertz CT molecular complexity index is 1330. The van der Waals surface area contributed by atoms with E-state index in [1.54, 1.807) is 0 Å². The summed E-state index contributed by atoms with van der Waals surface area (Å²) in [6, 6.07) is 9.11. The van der Waals surface area contributed by atoms with Crippen molar-refractivity contribution in [2.24, 2.45) is 0 Å². The molecule has 180 valence electrons. The van der Waals surface area contributed by atoms with Crippen molar-refractivity contribution < 1.29 is 5.11 Å². The highest BCUT2D eigenvalue weighted by Crippen LogP contribution is 2.39. The number of aryl methyl sites for hydroxylation is 2. The predicted molar refractivity (Wildman–Crippen MR) is 139 cm³/mol. The van der Waals surface area contributed by atoms with Gasteiger partial charge in [-0.05, 0) is 100 Å². The smallest absolute Gasteiger partial charge is 0.155 e. The second-order valence-corrected chi connectivity index (χ2v) is 11.1. The molecule has 0 amide bonds. The minimum absolute atomic E-state index is 0.389. The summed E-state index contributed by atoms with van der Waals surface area (Å²) in [5, 5.41) is 16.0. The number of pyridine rings is 1. The number of nitrogens with one attached hydrogen (secondary N) is 1. The lowest BCUT2D eigenvalue weighted by molar-refractivity contribution is 0.0282. The van der Waals surface area contributed by atoms with Crippen LogP contribution in [0.3, 0.4) is 0 Å². The minimum atomic E-state index is -0.633. The molecule has 4 aromatic rings. The van der Waals surface area contributed by atoms with Crippen molar-refractivity contribution in [1.82, 2.24) is 24.5 Å². The van der Waals surface area contributed by atoms with Crippen molar-refractivity contribution in [1.29, 1.82) is 0 Å². The van der Waals surface area contributed by atoms with Crippen LogP contribution < -0.4 is 0 Å². The van der Waals surface area contributed by atoms with Crippen LogP contribution in [0.2, 0.25) is 0 Å². The van der Waals surface area contributed by atoms with Crippen molar-refractivity contribution in [2.45, 2.75) is 71.8 Å². The summed E-state index contributed by atoms with van der Waals surface area (Å²) in [6.07, 6.45) is 4.38. The molecule has 1 aliphatic rings. The molecule has 0 atom stereocenters. The molecule has 1 aromatic carbocycles. The third-order valence-corrected chi connectivity index (χ3v) is 7.16. The van der Waals surface area contributed by atoms with Gasteiger partial charge in [0.15, 0.2) is 5.65 Å². The van der Waals surface area contributed by atoms with Crippen LogP contribution in [0, 0.1) is 13.8 Å². The number of aromatic amines is 1. The lowest BCUT2D eigenvalue weighted by atomic mass is 9.87. The number of benzene rings is 1. The van der Waals surface area contributed by atoms with Gasteiger partial charge >= 0.3 is 0 Å². The summed E-state index contributed by atoms with van der Waals surface area (Å²) in [4.78, 5) is 10.7. The number of hydrogen-bond acceptors (Lipinski definition) is 4. The molecule has 1 aliphatic heterocycles. The Labute approximate surface area is 202 Å². The van der Waals surface area contributed by atoms with E-state index in [-0.39, 0.29) is 0 Å². The molecule has 1 saturated heterocycles. The number of aliphatic hydroxyl groups is 1. The molecule has 0 saturated carbocycles. The van der Waals surface area contributed by atoms with E-state index in [4.69, 9.17) is 0 Å². The van der Waals surface area contributed by atoms with Gasteiger partial charge in [0.2, 0.25) is 0 Å². The van der Waals surface area contributed by atoms with Crippen molar-refractivity contribution in [3.63, 3.8) is 0 Å². The lowest BCUT2D eigenvalue weighted by Crippen LogP contribution is -2.42. The maximum Gasteiger partial charge on any atom is 0.155 e. The number of aromatic nitrogens is 4. The van der Waals surface area contributed by atoms with Crippen molar-refractivity contribution in [3.8, 4) is 11.3 Å². The van der Waals surface area contributed by atoms with Gasteiger partial charge in [-0.3, -0.25) is 0 Å². The number of piperidine rings is 1. The maximum atomic E-state index is 10.2. The largest absolute Gasteiger partial charge is 0.389 e. The molecule has 6 nitrogen and oxygen atoms in total. The Balaban J connectivity index is 1.51. The monoisotopic (exact) mass is 459 g/mol. The highest BCUT2D eigenvalue weighted by molar-refractivity contribution is 5.92.